The van der Waals surface area contributed by atoms with Gasteiger partial charge in [-0.05, 0) is 31.0 Å². The number of ether oxygens (including phenoxy) is 1. The van der Waals surface area contributed by atoms with Crippen molar-refractivity contribution in [1.82, 2.24) is 15.1 Å². The van der Waals surface area contributed by atoms with Crippen molar-refractivity contribution in [2.45, 2.75) is 32.9 Å². The zero-order valence-electron chi connectivity index (χ0n) is 14.4. The maximum atomic E-state index is 12.7. The van der Waals surface area contributed by atoms with Gasteiger partial charge in [0.2, 0.25) is 0 Å². The summed E-state index contributed by atoms with van der Waals surface area (Å²) in [5.41, 5.74) is 4.68. The third-order valence-corrected chi connectivity index (χ3v) is 4.46. The molecule has 0 saturated carbocycles. The topological polar surface area (TPSA) is 58.2 Å². The van der Waals surface area contributed by atoms with Crippen molar-refractivity contribution >= 4 is 5.91 Å². The van der Waals surface area contributed by atoms with E-state index in [0.717, 1.165) is 34.5 Å². The summed E-state index contributed by atoms with van der Waals surface area (Å²) in [5.74, 6) is 0.0828. The second-order valence-electron chi connectivity index (χ2n) is 6.04. The molecule has 2 aromatic rings. The van der Waals surface area contributed by atoms with Crippen LogP contribution >= 0.6 is 0 Å². The fraction of sp³-hybridized carbons (Fsp3) is 0.368. The molecule has 0 fully saturated rings. The molecule has 5 heteroatoms. The highest BCUT2D eigenvalue weighted by Gasteiger charge is 2.24. The van der Waals surface area contributed by atoms with Crippen molar-refractivity contribution in [2.75, 3.05) is 13.7 Å². The summed E-state index contributed by atoms with van der Waals surface area (Å²) in [7, 11) is 1.66. The summed E-state index contributed by atoms with van der Waals surface area (Å²) in [6.07, 6.45) is 5.11. The van der Waals surface area contributed by atoms with Crippen molar-refractivity contribution in [2.24, 2.45) is 0 Å². The van der Waals surface area contributed by atoms with Crippen molar-refractivity contribution in [3.63, 3.8) is 0 Å². The smallest absolute Gasteiger partial charge is 0.254 e. The monoisotopic (exact) mass is 325 g/mol. The molecule has 1 atom stereocenters. The molecule has 1 aromatic carbocycles. The minimum absolute atomic E-state index is 0.0828. The van der Waals surface area contributed by atoms with E-state index in [1.807, 2.05) is 36.1 Å². The molecule has 0 bridgehead atoms. The Kier molecular flexibility index (Phi) is 4.81. The minimum Gasteiger partial charge on any atom is -0.378 e. The van der Waals surface area contributed by atoms with Crippen LogP contribution in [0.1, 0.15) is 35.1 Å². The van der Waals surface area contributed by atoms with E-state index in [1.165, 1.54) is 0 Å². The molecule has 2 heterocycles. The quantitative estimate of drug-likeness (QED) is 0.858. The van der Waals surface area contributed by atoms with Crippen LogP contribution < -0.4 is 0 Å². The van der Waals surface area contributed by atoms with Crippen molar-refractivity contribution in [1.29, 1.82) is 0 Å². The number of methoxy groups -OCH3 is 1. The Balaban J connectivity index is 1.84. The van der Waals surface area contributed by atoms with E-state index in [0.29, 0.717) is 13.2 Å². The van der Waals surface area contributed by atoms with E-state index >= 15 is 0 Å². The minimum atomic E-state index is 0.0828. The summed E-state index contributed by atoms with van der Waals surface area (Å²) in [6.45, 7) is 5.24. The third kappa shape index (κ3) is 2.99. The van der Waals surface area contributed by atoms with Gasteiger partial charge in [-0.3, -0.25) is 9.89 Å². The molecule has 1 aliphatic heterocycles. The Morgan fingerprint density at radius 2 is 2.12 bits per heavy atom. The molecular weight excluding hydrogens is 302 g/mol. The molecule has 0 aliphatic carbocycles. The first-order valence-electron chi connectivity index (χ1n) is 8.26. The van der Waals surface area contributed by atoms with Gasteiger partial charge < -0.3 is 9.64 Å². The molecule has 3 rings (SSSR count). The first-order chi connectivity index (χ1) is 11.7. The van der Waals surface area contributed by atoms with Crippen molar-refractivity contribution in [3.8, 4) is 11.1 Å². The third-order valence-electron chi connectivity index (χ3n) is 4.46. The lowest BCUT2D eigenvalue weighted by Crippen LogP contribution is -2.35. The number of hydrogen-bond acceptors (Lipinski definition) is 3. The average molecular weight is 325 g/mol. The van der Waals surface area contributed by atoms with E-state index in [1.54, 1.807) is 7.11 Å². The highest BCUT2D eigenvalue weighted by molar-refractivity contribution is 5.95. The van der Waals surface area contributed by atoms with Crippen LogP contribution in [0.3, 0.4) is 0 Å². The molecule has 0 radical (unpaired) electrons. The number of nitrogens with one attached hydrogen (secondary N) is 1. The van der Waals surface area contributed by atoms with Crippen LogP contribution in [0.15, 0.2) is 36.4 Å². The summed E-state index contributed by atoms with van der Waals surface area (Å²) >= 11 is 0. The predicted octanol–water partition coefficient (Wildman–Crippen LogP) is 3.32. The summed E-state index contributed by atoms with van der Waals surface area (Å²) in [4.78, 5) is 14.6. The fourth-order valence-electron chi connectivity index (χ4n) is 3.21. The normalized spacial score (nSPS) is 16.8. The number of rotatable bonds is 5. The molecule has 1 aliphatic rings. The lowest BCUT2D eigenvalue weighted by molar-refractivity contribution is 0.0747. The highest BCUT2D eigenvalue weighted by Crippen LogP contribution is 2.27. The molecule has 0 spiro atoms. The van der Waals surface area contributed by atoms with Gasteiger partial charge in [0.1, 0.15) is 0 Å². The lowest BCUT2D eigenvalue weighted by atomic mass is 10.0. The van der Waals surface area contributed by atoms with Crippen molar-refractivity contribution < 1.29 is 9.53 Å². The molecule has 24 heavy (non-hydrogen) atoms. The number of hydrogen-bond donors (Lipinski definition) is 1. The van der Waals surface area contributed by atoms with Crippen LogP contribution in [0.4, 0.5) is 0 Å². The van der Waals surface area contributed by atoms with Gasteiger partial charge in [0, 0.05) is 30.5 Å². The van der Waals surface area contributed by atoms with Gasteiger partial charge >= 0.3 is 0 Å². The molecule has 5 nitrogen and oxygen atoms in total. The van der Waals surface area contributed by atoms with Crippen LogP contribution in [-0.2, 0) is 11.3 Å². The molecule has 1 aromatic heterocycles. The number of carbonyl (C=O) groups is 1. The van der Waals surface area contributed by atoms with Gasteiger partial charge in [-0.1, -0.05) is 31.2 Å². The van der Waals surface area contributed by atoms with E-state index < -0.39 is 0 Å². The number of aromatic amines is 1. The van der Waals surface area contributed by atoms with E-state index in [9.17, 15) is 4.79 Å². The van der Waals surface area contributed by atoms with E-state index in [4.69, 9.17) is 4.74 Å². The summed E-state index contributed by atoms with van der Waals surface area (Å²) < 4.78 is 5.21. The number of H-pyrrole nitrogens is 1. The Morgan fingerprint density at radius 1 is 1.38 bits per heavy atom. The largest absolute Gasteiger partial charge is 0.378 e. The maximum Gasteiger partial charge on any atom is 0.254 e. The Bertz CT molecular complexity index is 746. The second-order valence-corrected chi connectivity index (χ2v) is 6.04. The van der Waals surface area contributed by atoms with Gasteiger partial charge in [0.25, 0.3) is 5.91 Å². The Morgan fingerprint density at radius 3 is 2.79 bits per heavy atom. The molecule has 1 N–H and O–H groups in total. The fourth-order valence-corrected chi connectivity index (χ4v) is 3.21. The lowest BCUT2D eigenvalue weighted by Gasteiger charge is -2.23. The number of aromatic nitrogens is 2. The number of amides is 1. The van der Waals surface area contributed by atoms with Crippen LogP contribution in [0.25, 0.3) is 11.1 Å². The molecule has 0 saturated heterocycles. The van der Waals surface area contributed by atoms with E-state index in [2.05, 4.69) is 29.3 Å². The van der Waals surface area contributed by atoms with Crippen LogP contribution in [0.2, 0.25) is 0 Å². The first kappa shape index (κ1) is 16.5. The van der Waals surface area contributed by atoms with Gasteiger partial charge in [-0.2, -0.15) is 5.10 Å². The maximum absolute atomic E-state index is 12.7. The van der Waals surface area contributed by atoms with Crippen LogP contribution in [0.5, 0.6) is 0 Å². The standard InChI is InChI=1S/C19H23N3O2/c1-4-16-6-5-11-22(16)19(23)15-9-7-14(8-10-15)18-13(2)20-21-17(18)12-24-3/h5-10,16H,4,11-12H2,1-3H3,(H,20,21)/t16-/m0/s1. The van der Waals surface area contributed by atoms with Crippen LogP contribution in [0, 0.1) is 6.92 Å². The molecule has 1 amide bonds. The predicted molar refractivity (Wildman–Crippen MR) is 93.7 cm³/mol. The summed E-state index contributed by atoms with van der Waals surface area (Å²) in [5, 5.41) is 7.29. The Labute approximate surface area is 142 Å². The molecular formula is C19H23N3O2. The second kappa shape index (κ2) is 7.01. The van der Waals surface area contributed by atoms with Gasteiger partial charge in [-0.15, -0.1) is 0 Å². The number of carbonyl (C=O) groups excluding carboxylic acids is 1. The zero-order chi connectivity index (χ0) is 17.1. The van der Waals surface area contributed by atoms with E-state index in [-0.39, 0.29) is 11.9 Å². The molecule has 0 unspecified atom stereocenters. The van der Waals surface area contributed by atoms with Gasteiger partial charge in [0.15, 0.2) is 0 Å². The number of aryl methyl sites for hydroxylation is 1. The number of nitrogens with zero attached hydrogens (tertiary/aromatic N) is 2. The first-order valence-corrected chi connectivity index (χ1v) is 8.26. The van der Waals surface area contributed by atoms with Crippen molar-refractivity contribution in [3.05, 3.63) is 53.4 Å². The molecule has 126 valence electrons. The van der Waals surface area contributed by atoms with Crippen LogP contribution in [-0.4, -0.2) is 40.7 Å². The zero-order valence-corrected chi connectivity index (χ0v) is 14.4. The van der Waals surface area contributed by atoms with Gasteiger partial charge in [-0.25, -0.2) is 0 Å². The SMILES string of the molecule is CC[C@H]1C=CCN1C(=O)c1ccc(-c2c(COC)n[nH]c2C)cc1. The number of benzene rings is 1. The highest BCUT2D eigenvalue weighted by atomic mass is 16.5. The van der Waals surface area contributed by atoms with Gasteiger partial charge in [0.05, 0.1) is 18.3 Å². The average Bonchev–Trinajstić information content (AvgIpc) is 3.21. The summed E-state index contributed by atoms with van der Waals surface area (Å²) in [6, 6.07) is 7.96. The Hall–Kier alpha value is -2.40.